The monoisotopic (exact) mass is 762 g/mol. The second-order valence-electron chi connectivity index (χ2n) is 15.0. The van der Waals surface area contributed by atoms with Crippen LogP contribution >= 0.6 is 11.6 Å². The number of rotatable bonds is 10. The van der Waals surface area contributed by atoms with Crippen molar-refractivity contribution in [3.8, 4) is 17.3 Å². The van der Waals surface area contributed by atoms with E-state index in [4.69, 9.17) is 25.8 Å². The number of hydrogen-bond donors (Lipinski definition) is 1. The second kappa shape index (κ2) is 13.8. The highest BCUT2D eigenvalue weighted by atomic mass is 35.5. The van der Waals surface area contributed by atoms with Gasteiger partial charge in [-0.2, -0.15) is 15.0 Å². The van der Waals surface area contributed by atoms with Crippen molar-refractivity contribution in [3.63, 3.8) is 0 Å². The van der Waals surface area contributed by atoms with Gasteiger partial charge >= 0.3 is 6.01 Å². The molecule has 2 atom stereocenters. The number of aliphatic hydroxyl groups is 1. The Labute approximate surface area is 313 Å². The fourth-order valence-electron chi connectivity index (χ4n) is 7.86. The largest absolute Gasteiger partial charge is 0.461 e. The molecule has 282 valence electrons. The lowest BCUT2D eigenvalue weighted by Crippen LogP contribution is -2.53. The molecule has 0 bridgehead atoms. The molecule has 3 aromatic heterocycles. The van der Waals surface area contributed by atoms with Gasteiger partial charge in [-0.1, -0.05) is 41.0 Å². The van der Waals surface area contributed by atoms with Crippen LogP contribution in [0.4, 0.5) is 19.0 Å². The Morgan fingerprint density at radius 1 is 1.19 bits per heavy atom. The van der Waals surface area contributed by atoms with E-state index in [2.05, 4.69) is 25.0 Å². The van der Waals surface area contributed by atoms with Gasteiger partial charge in [0.05, 0.1) is 15.9 Å². The highest BCUT2D eigenvalue weighted by Crippen LogP contribution is 2.41. The number of anilines is 1. The van der Waals surface area contributed by atoms with E-state index in [9.17, 15) is 18.7 Å². The third-order valence-corrected chi connectivity index (χ3v) is 11.0. The molecule has 5 aromatic rings. The Morgan fingerprint density at radius 3 is 2.78 bits per heavy atom. The van der Waals surface area contributed by atoms with Crippen LogP contribution in [0.3, 0.4) is 0 Å². The lowest BCUT2D eigenvalue weighted by Gasteiger charge is -2.40. The number of alkyl halides is 1. The zero-order valence-corrected chi connectivity index (χ0v) is 30.7. The molecule has 16 heteroatoms. The molecular formula is C38H38ClF3N8O4. The van der Waals surface area contributed by atoms with Crippen molar-refractivity contribution >= 4 is 51.1 Å². The normalized spacial score (nSPS) is 20.7. The third kappa shape index (κ3) is 6.62. The first-order valence-electron chi connectivity index (χ1n) is 17.8. The van der Waals surface area contributed by atoms with Crippen molar-refractivity contribution in [3.05, 3.63) is 71.0 Å². The van der Waals surface area contributed by atoms with Crippen molar-refractivity contribution in [1.82, 2.24) is 34.9 Å². The highest BCUT2D eigenvalue weighted by Gasteiger charge is 2.49. The van der Waals surface area contributed by atoms with E-state index in [0.29, 0.717) is 60.1 Å². The lowest BCUT2D eigenvalue weighted by molar-refractivity contribution is -0.131. The number of carbonyl (C=O) groups excluding carboxylic acids is 1. The number of amides is 1. The van der Waals surface area contributed by atoms with Crippen LogP contribution in [-0.4, -0.2) is 104 Å². The molecule has 0 saturated carbocycles. The molecule has 3 aliphatic heterocycles. The summed E-state index contributed by atoms with van der Waals surface area (Å²) in [6.45, 7) is 5.71. The van der Waals surface area contributed by atoms with Crippen LogP contribution in [-0.2, 0) is 10.4 Å². The number of pyridine rings is 1. The standard InChI is InChI=1S/C38H38ClF3N8O4/c1-37(2,52)35-44-27(54-47-35)10-11-28(51)49-17-21(18-49)16-48(3)34-25-15-43-32(24-7-4-6-22-8-9-26(41)30(39)29(22)24)31(42)33(25)45-36(46-34)53-20-38-12-5-13-50(38)19-23(40)14-38/h4,6-11,15,21,23,52H,5,12-14,16-20H2,1-3H3/b11-10+/t23-,38+/m1/s1. The number of halogens is 4. The first kappa shape index (κ1) is 36.1. The van der Waals surface area contributed by atoms with E-state index in [1.54, 1.807) is 29.2 Å². The molecular weight excluding hydrogens is 725 g/mol. The van der Waals surface area contributed by atoms with Gasteiger partial charge in [-0.15, -0.1) is 0 Å². The Morgan fingerprint density at radius 2 is 2.00 bits per heavy atom. The van der Waals surface area contributed by atoms with Gasteiger partial charge in [0.25, 0.3) is 5.89 Å². The molecule has 12 nitrogen and oxygen atoms in total. The van der Waals surface area contributed by atoms with Crippen molar-refractivity contribution in [1.29, 1.82) is 0 Å². The maximum atomic E-state index is 16.8. The molecule has 2 aromatic carbocycles. The summed E-state index contributed by atoms with van der Waals surface area (Å²) in [6.07, 6.45) is 5.32. The molecule has 6 heterocycles. The average Bonchev–Trinajstić information content (AvgIpc) is 3.84. The molecule has 3 saturated heterocycles. The number of nitrogens with zero attached hydrogens (tertiary/aromatic N) is 8. The summed E-state index contributed by atoms with van der Waals surface area (Å²) >= 11 is 6.41. The average molecular weight is 763 g/mol. The first-order chi connectivity index (χ1) is 25.8. The molecule has 1 amide bonds. The smallest absolute Gasteiger partial charge is 0.319 e. The maximum Gasteiger partial charge on any atom is 0.319 e. The quantitative estimate of drug-likeness (QED) is 0.169. The summed E-state index contributed by atoms with van der Waals surface area (Å²) in [4.78, 5) is 36.3. The van der Waals surface area contributed by atoms with E-state index in [1.165, 1.54) is 38.3 Å². The molecule has 54 heavy (non-hydrogen) atoms. The molecule has 0 unspecified atom stereocenters. The number of benzene rings is 2. The van der Waals surface area contributed by atoms with Gasteiger partial charge in [0.15, 0.2) is 5.82 Å². The van der Waals surface area contributed by atoms with Crippen LogP contribution in [0.2, 0.25) is 5.02 Å². The van der Waals surface area contributed by atoms with Crippen LogP contribution in [0.25, 0.3) is 39.0 Å². The fraction of sp³-hybridized carbons (Fsp3) is 0.421. The van der Waals surface area contributed by atoms with E-state index < -0.39 is 28.9 Å². The molecule has 1 N–H and O–H groups in total. The zero-order chi connectivity index (χ0) is 37.9. The summed E-state index contributed by atoms with van der Waals surface area (Å²) in [7, 11) is 1.81. The lowest BCUT2D eigenvalue weighted by atomic mass is 9.95. The minimum absolute atomic E-state index is 0.0451. The van der Waals surface area contributed by atoms with Gasteiger partial charge in [-0.25, -0.2) is 13.2 Å². The van der Waals surface area contributed by atoms with Crippen LogP contribution in [0.5, 0.6) is 6.01 Å². The number of likely N-dealkylation sites (tertiary alicyclic amines) is 1. The van der Waals surface area contributed by atoms with Crippen LogP contribution in [0.1, 0.15) is 44.8 Å². The van der Waals surface area contributed by atoms with Gasteiger partial charge in [0.2, 0.25) is 11.7 Å². The molecule has 0 aliphatic carbocycles. The zero-order valence-electron chi connectivity index (χ0n) is 29.9. The number of carbonyl (C=O) groups is 1. The minimum atomic E-state index is -1.28. The Hall–Kier alpha value is -4.86. The van der Waals surface area contributed by atoms with E-state index in [-0.39, 0.29) is 52.4 Å². The topological polar surface area (TPSA) is 134 Å². The second-order valence-corrected chi connectivity index (χ2v) is 15.4. The van der Waals surface area contributed by atoms with Gasteiger partial charge in [0, 0.05) is 74.9 Å². The first-order valence-corrected chi connectivity index (χ1v) is 18.2. The van der Waals surface area contributed by atoms with Crippen LogP contribution < -0.4 is 9.64 Å². The summed E-state index contributed by atoms with van der Waals surface area (Å²) in [5.41, 5.74) is -1.56. The fourth-order valence-corrected chi connectivity index (χ4v) is 8.13. The van der Waals surface area contributed by atoms with Crippen molar-refractivity contribution in [2.75, 3.05) is 51.3 Å². The van der Waals surface area contributed by atoms with E-state index >= 15 is 4.39 Å². The van der Waals surface area contributed by atoms with Gasteiger partial charge in [0.1, 0.15) is 41.2 Å². The molecule has 0 radical (unpaired) electrons. The van der Waals surface area contributed by atoms with Gasteiger partial charge in [-0.05, 0) is 44.7 Å². The number of hydrogen-bond acceptors (Lipinski definition) is 11. The van der Waals surface area contributed by atoms with Crippen LogP contribution in [0.15, 0.2) is 47.1 Å². The SMILES string of the molecule is CN(CC1CN(C(=O)/C=C/c2nc(C(C)(C)O)no2)C1)c1nc(OC[C@@]23CCCN2C[C@H](F)C3)nc2c(F)c(-c3cccc4ccc(F)c(Cl)c34)ncc12. The maximum absolute atomic E-state index is 16.8. The third-order valence-electron chi connectivity index (χ3n) is 10.6. The molecule has 8 rings (SSSR count). The number of ether oxygens (including phenoxy) is 1. The van der Waals surface area contributed by atoms with Crippen molar-refractivity contribution in [2.45, 2.75) is 50.4 Å². The van der Waals surface area contributed by atoms with E-state index in [0.717, 1.165) is 19.4 Å². The van der Waals surface area contributed by atoms with Crippen molar-refractivity contribution < 1.29 is 32.3 Å². The summed E-state index contributed by atoms with van der Waals surface area (Å²) in [6, 6.07) is 7.88. The molecule has 0 spiro atoms. The van der Waals surface area contributed by atoms with Gasteiger partial charge in [-0.3, -0.25) is 14.7 Å². The number of fused-ring (bicyclic) bond motifs is 3. The van der Waals surface area contributed by atoms with Gasteiger partial charge < -0.3 is 24.2 Å². The summed E-state index contributed by atoms with van der Waals surface area (Å²) in [5.74, 6) is -0.993. The Balaban J connectivity index is 1.07. The predicted octanol–water partition coefficient (Wildman–Crippen LogP) is 5.95. The summed E-state index contributed by atoms with van der Waals surface area (Å²) in [5, 5.41) is 14.9. The predicted molar refractivity (Wildman–Crippen MR) is 196 cm³/mol. The van der Waals surface area contributed by atoms with E-state index in [1.807, 2.05) is 11.9 Å². The highest BCUT2D eigenvalue weighted by molar-refractivity contribution is 6.36. The minimum Gasteiger partial charge on any atom is -0.461 e. The Kier molecular flexibility index (Phi) is 9.21. The Bertz CT molecular complexity index is 2290. The molecule has 3 fully saturated rings. The number of aromatic nitrogens is 5. The van der Waals surface area contributed by atoms with Crippen molar-refractivity contribution in [2.24, 2.45) is 5.92 Å². The molecule has 3 aliphatic rings. The summed E-state index contributed by atoms with van der Waals surface area (Å²) < 4.78 is 57.3. The van der Waals surface area contributed by atoms with Crippen LogP contribution in [0, 0.1) is 17.6 Å².